The summed E-state index contributed by atoms with van der Waals surface area (Å²) in [5, 5.41) is 13.6. The number of carbonyl (C=O) groups excluding carboxylic acids is 1. The van der Waals surface area contributed by atoms with Gasteiger partial charge >= 0.3 is 5.97 Å². The zero-order valence-electron chi connectivity index (χ0n) is 17.4. The van der Waals surface area contributed by atoms with Crippen LogP contribution in [0.25, 0.3) is 0 Å². The summed E-state index contributed by atoms with van der Waals surface area (Å²) in [7, 11) is 3.07. The number of esters is 1. The van der Waals surface area contributed by atoms with Crippen LogP contribution in [0.15, 0.2) is 29.4 Å². The first kappa shape index (κ1) is 22.6. The number of ether oxygens (including phenoxy) is 4. The maximum atomic E-state index is 11.5. The Kier molecular flexibility index (Phi) is 8.59. The normalized spacial score (nSPS) is 10.5. The number of nitriles is 1. The van der Waals surface area contributed by atoms with Crippen LogP contribution in [0, 0.1) is 18.3 Å². The molecule has 158 valence electrons. The molecule has 9 nitrogen and oxygen atoms in total. The molecular formula is C21H24N4O5. The molecule has 9 heteroatoms. The van der Waals surface area contributed by atoms with Gasteiger partial charge in [0.05, 0.1) is 26.5 Å². The van der Waals surface area contributed by atoms with Gasteiger partial charge in [-0.15, -0.1) is 0 Å². The molecule has 0 radical (unpaired) electrons. The highest BCUT2D eigenvalue weighted by atomic mass is 16.6. The third kappa shape index (κ3) is 6.18. The van der Waals surface area contributed by atoms with Gasteiger partial charge in [0.25, 0.3) is 0 Å². The van der Waals surface area contributed by atoms with Crippen molar-refractivity contribution in [3.63, 3.8) is 0 Å². The number of nitrogens with zero attached hydrogens (tertiary/aromatic N) is 3. The smallest absolute Gasteiger partial charge is 0.344 e. The number of anilines is 1. The van der Waals surface area contributed by atoms with Crippen molar-refractivity contribution in [2.75, 3.05) is 32.9 Å². The van der Waals surface area contributed by atoms with E-state index in [-0.39, 0.29) is 13.2 Å². The van der Waals surface area contributed by atoms with Crippen molar-refractivity contribution in [1.82, 2.24) is 4.98 Å². The van der Waals surface area contributed by atoms with Crippen LogP contribution in [-0.2, 0) is 20.9 Å². The average molecular weight is 412 g/mol. The first-order chi connectivity index (χ1) is 14.5. The third-order valence-corrected chi connectivity index (χ3v) is 3.86. The minimum absolute atomic E-state index is 0.232. The molecule has 0 saturated carbocycles. The first-order valence-corrected chi connectivity index (χ1v) is 9.17. The van der Waals surface area contributed by atoms with Crippen LogP contribution in [0.1, 0.15) is 29.3 Å². The minimum Gasteiger partial charge on any atom is -0.493 e. The molecule has 1 N–H and O–H groups in total. The topological polar surface area (TPSA) is 115 Å². The summed E-state index contributed by atoms with van der Waals surface area (Å²) < 4.78 is 20.7. The lowest BCUT2D eigenvalue weighted by Gasteiger charge is -2.11. The predicted octanol–water partition coefficient (Wildman–Crippen LogP) is 2.80. The Morgan fingerprint density at radius 2 is 2.10 bits per heavy atom. The summed E-state index contributed by atoms with van der Waals surface area (Å²) in [5.41, 5.74) is 5.32. The van der Waals surface area contributed by atoms with Gasteiger partial charge in [0.15, 0.2) is 23.9 Å². The van der Waals surface area contributed by atoms with Gasteiger partial charge in [-0.05, 0) is 43.7 Å². The van der Waals surface area contributed by atoms with Crippen LogP contribution in [0.4, 0.5) is 5.82 Å². The van der Waals surface area contributed by atoms with Crippen LogP contribution in [0.2, 0.25) is 0 Å². The highest BCUT2D eigenvalue weighted by Crippen LogP contribution is 2.27. The molecule has 0 fully saturated rings. The fourth-order valence-corrected chi connectivity index (χ4v) is 2.61. The number of methoxy groups -OCH3 is 2. The van der Waals surface area contributed by atoms with Crippen molar-refractivity contribution in [3.8, 4) is 17.6 Å². The second kappa shape index (κ2) is 11.4. The van der Waals surface area contributed by atoms with Gasteiger partial charge in [-0.3, -0.25) is 5.43 Å². The van der Waals surface area contributed by atoms with Crippen molar-refractivity contribution in [2.45, 2.75) is 20.5 Å². The lowest BCUT2D eigenvalue weighted by atomic mass is 10.1. The number of pyridine rings is 1. The van der Waals surface area contributed by atoms with Crippen LogP contribution in [0.3, 0.4) is 0 Å². The zero-order valence-corrected chi connectivity index (χ0v) is 17.4. The first-order valence-electron chi connectivity index (χ1n) is 9.17. The van der Waals surface area contributed by atoms with Crippen molar-refractivity contribution in [2.24, 2.45) is 5.10 Å². The van der Waals surface area contributed by atoms with E-state index in [0.29, 0.717) is 35.1 Å². The lowest BCUT2D eigenvalue weighted by Crippen LogP contribution is -2.15. The van der Waals surface area contributed by atoms with E-state index in [0.717, 1.165) is 11.3 Å². The van der Waals surface area contributed by atoms with E-state index in [1.165, 1.54) is 13.3 Å². The van der Waals surface area contributed by atoms with Crippen molar-refractivity contribution >= 4 is 18.0 Å². The Morgan fingerprint density at radius 1 is 1.30 bits per heavy atom. The molecule has 30 heavy (non-hydrogen) atoms. The van der Waals surface area contributed by atoms with Crippen molar-refractivity contribution in [3.05, 3.63) is 46.6 Å². The number of hydrogen-bond acceptors (Lipinski definition) is 9. The second-order valence-electron chi connectivity index (χ2n) is 6.07. The molecule has 0 spiro atoms. The fraction of sp³-hybridized carbons (Fsp3) is 0.333. The summed E-state index contributed by atoms with van der Waals surface area (Å²) in [6.45, 7) is 3.89. The summed E-state index contributed by atoms with van der Waals surface area (Å²) >= 11 is 0. The van der Waals surface area contributed by atoms with Crippen LogP contribution in [0.5, 0.6) is 11.5 Å². The highest BCUT2D eigenvalue weighted by molar-refractivity contribution is 5.81. The molecule has 0 atom stereocenters. The molecule has 1 heterocycles. The number of rotatable bonds is 10. The summed E-state index contributed by atoms with van der Waals surface area (Å²) in [4.78, 5) is 15.9. The number of aromatic nitrogens is 1. The molecule has 0 amide bonds. The predicted molar refractivity (Wildman–Crippen MR) is 111 cm³/mol. The molecule has 2 aromatic rings. The largest absolute Gasteiger partial charge is 0.493 e. The molecule has 0 bridgehead atoms. The number of aryl methyl sites for hydroxylation is 1. The van der Waals surface area contributed by atoms with Gasteiger partial charge in [-0.25, -0.2) is 9.78 Å². The van der Waals surface area contributed by atoms with Gasteiger partial charge in [0.1, 0.15) is 11.6 Å². The number of hydrazone groups is 1. The number of hydrogen-bond donors (Lipinski definition) is 1. The van der Waals surface area contributed by atoms with Crippen molar-refractivity contribution in [1.29, 1.82) is 5.26 Å². The van der Waals surface area contributed by atoms with E-state index in [2.05, 4.69) is 21.6 Å². The lowest BCUT2D eigenvalue weighted by molar-refractivity contribution is -0.145. The highest BCUT2D eigenvalue weighted by Gasteiger charge is 2.11. The van der Waals surface area contributed by atoms with E-state index in [1.807, 2.05) is 6.92 Å². The van der Waals surface area contributed by atoms with E-state index >= 15 is 0 Å². The fourth-order valence-electron chi connectivity index (χ4n) is 2.61. The second-order valence-corrected chi connectivity index (χ2v) is 6.07. The molecule has 0 aliphatic carbocycles. The number of benzene rings is 1. The summed E-state index contributed by atoms with van der Waals surface area (Å²) in [6.07, 6.45) is 1.54. The quantitative estimate of drug-likeness (QED) is 0.360. The van der Waals surface area contributed by atoms with Gasteiger partial charge in [-0.1, -0.05) is 0 Å². The molecular weight excluding hydrogens is 388 g/mol. The Labute approximate surface area is 175 Å². The minimum atomic E-state index is -0.471. The Morgan fingerprint density at radius 3 is 2.77 bits per heavy atom. The molecule has 0 unspecified atom stereocenters. The monoisotopic (exact) mass is 412 g/mol. The summed E-state index contributed by atoms with van der Waals surface area (Å²) in [6, 6.07) is 9.07. The summed E-state index contributed by atoms with van der Waals surface area (Å²) in [5.74, 6) is 0.721. The molecule has 0 aliphatic heterocycles. The van der Waals surface area contributed by atoms with Crippen molar-refractivity contribution < 1.29 is 23.7 Å². The number of carbonyl (C=O) groups is 1. The van der Waals surface area contributed by atoms with E-state index in [9.17, 15) is 10.1 Å². The molecule has 1 aromatic heterocycles. The number of nitrogens with one attached hydrogen (secondary N) is 1. The van der Waals surface area contributed by atoms with Crippen LogP contribution in [-0.4, -0.2) is 44.6 Å². The van der Waals surface area contributed by atoms with Gasteiger partial charge in [0.2, 0.25) is 0 Å². The standard InChI is InChI=1S/C21H24N4O5/c1-5-29-20(26)13-30-19-9-15(6-7-18(19)28-4)11-23-25-21-17(10-22)16(12-27-3)8-14(2)24-21/h6-9,11H,5,12-13H2,1-4H3,(H,24,25)/b23-11+. The Bertz CT molecular complexity index is 953. The molecule has 0 saturated heterocycles. The van der Waals surface area contributed by atoms with E-state index in [1.54, 1.807) is 38.3 Å². The van der Waals surface area contributed by atoms with Gasteiger partial charge < -0.3 is 18.9 Å². The Balaban J connectivity index is 2.18. The van der Waals surface area contributed by atoms with Gasteiger partial charge in [-0.2, -0.15) is 10.4 Å². The van der Waals surface area contributed by atoms with E-state index in [4.69, 9.17) is 18.9 Å². The van der Waals surface area contributed by atoms with Crippen LogP contribution >= 0.6 is 0 Å². The Hall–Kier alpha value is -3.64. The third-order valence-electron chi connectivity index (χ3n) is 3.86. The molecule has 0 aliphatic rings. The molecule has 1 aromatic carbocycles. The van der Waals surface area contributed by atoms with Gasteiger partial charge in [0, 0.05) is 18.4 Å². The maximum Gasteiger partial charge on any atom is 0.344 e. The maximum absolute atomic E-state index is 11.5. The molecule has 2 rings (SSSR count). The van der Waals surface area contributed by atoms with E-state index < -0.39 is 5.97 Å². The SMILES string of the molecule is CCOC(=O)COc1cc(/C=N/Nc2nc(C)cc(COC)c2C#N)ccc1OC. The zero-order chi connectivity index (χ0) is 21.9. The average Bonchev–Trinajstić information content (AvgIpc) is 2.72. The van der Waals surface area contributed by atoms with Crippen LogP contribution < -0.4 is 14.9 Å².